The van der Waals surface area contributed by atoms with E-state index in [4.69, 9.17) is 9.88 Å². The molecule has 1 amide bonds. The Balaban J connectivity index is 2.02. The summed E-state index contributed by atoms with van der Waals surface area (Å²) in [4.78, 5) is 17.2. The van der Waals surface area contributed by atoms with E-state index in [0.29, 0.717) is 12.3 Å². The van der Waals surface area contributed by atoms with Crippen LogP contribution in [0.4, 0.5) is 37.8 Å². The third-order valence-corrected chi connectivity index (χ3v) is 5.69. The molecule has 8 nitrogen and oxygen atoms in total. The van der Waals surface area contributed by atoms with Crippen molar-refractivity contribution in [2.45, 2.75) is 36.4 Å². The third kappa shape index (κ3) is 5.95. The van der Waals surface area contributed by atoms with Crippen LogP contribution in [0, 0.1) is 0 Å². The topological polar surface area (TPSA) is 115 Å². The van der Waals surface area contributed by atoms with Crippen molar-refractivity contribution in [1.82, 2.24) is 4.98 Å². The van der Waals surface area contributed by atoms with Crippen LogP contribution in [0.5, 0.6) is 0 Å². The molecule has 0 aliphatic carbocycles. The molecule has 2 heterocycles. The smallest absolute Gasteiger partial charge is 0.362 e. The van der Waals surface area contributed by atoms with Crippen molar-refractivity contribution in [1.29, 1.82) is 0 Å². The number of benzene rings is 1. The average Bonchev–Trinajstić information content (AvgIpc) is 2.71. The monoisotopic (exact) mass is 512 g/mol. The molecule has 1 aliphatic rings. The highest BCUT2D eigenvalue weighted by Gasteiger charge is 2.46. The molecular formula is C19H18F6N4O4S. The fourth-order valence-electron chi connectivity index (χ4n) is 3.29. The lowest BCUT2D eigenvalue weighted by Gasteiger charge is -2.38. The maximum atomic E-state index is 13.3. The van der Waals surface area contributed by atoms with Gasteiger partial charge in [-0.25, -0.2) is 18.5 Å². The van der Waals surface area contributed by atoms with Gasteiger partial charge in [-0.1, -0.05) is 6.07 Å². The summed E-state index contributed by atoms with van der Waals surface area (Å²) in [5, 5.41) is 7.27. The van der Waals surface area contributed by atoms with Gasteiger partial charge in [0.05, 0.1) is 28.7 Å². The molecule has 1 fully saturated rings. The van der Waals surface area contributed by atoms with Crippen LogP contribution in [0.2, 0.25) is 0 Å². The van der Waals surface area contributed by atoms with Gasteiger partial charge in [-0.2, -0.15) is 26.3 Å². The summed E-state index contributed by atoms with van der Waals surface area (Å²) in [6.07, 6.45) is -12.4. The van der Waals surface area contributed by atoms with Gasteiger partial charge in [0, 0.05) is 18.4 Å². The minimum absolute atomic E-state index is 0.122. The van der Waals surface area contributed by atoms with E-state index >= 15 is 0 Å². The average molecular weight is 512 g/mol. The number of ether oxygens (including phenoxy) is 1. The number of nitrogens with zero attached hydrogens (tertiary/aromatic N) is 2. The summed E-state index contributed by atoms with van der Waals surface area (Å²) in [5.41, 5.74) is -2.08. The van der Waals surface area contributed by atoms with Gasteiger partial charge in [-0.15, -0.1) is 0 Å². The molecule has 2 atom stereocenters. The van der Waals surface area contributed by atoms with Gasteiger partial charge in [0.15, 0.2) is 6.10 Å². The van der Waals surface area contributed by atoms with Crippen molar-refractivity contribution >= 4 is 27.4 Å². The van der Waals surface area contributed by atoms with Crippen LogP contribution in [0.1, 0.15) is 22.8 Å². The van der Waals surface area contributed by atoms with E-state index in [2.05, 4.69) is 10.3 Å². The predicted octanol–water partition coefficient (Wildman–Crippen LogP) is 3.16. The maximum Gasteiger partial charge on any atom is 0.417 e. The second kappa shape index (κ2) is 9.03. The van der Waals surface area contributed by atoms with Crippen LogP contribution in [0.25, 0.3) is 0 Å². The Morgan fingerprint density at radius 2 is 1.85 bits per heavy atom. The van der Waals surface area contributed by atoms with E-state index in [1.165, 1.54) is 19.1 Å². The number of carbonyl (C=O) groups is 1. The minimum Gasteiger partial charge on any atom is -0.362 e. The van der Waals surface area contributed by atoms with E-state index in [9.17, 15) is 39.6 Å². The van der Waals surface area contributed by atoms with Gasteiger partial charge in [-0.3, -0.25) is 4.79 Å². The Kier molecular flexibility index (Phi) is 6.83. The van der Waals surface area contributed by atoms with Crippen molar-refractivity contribution in [3.05, 3.63) is 47.7 Å². The molecule has 1 saturated heterocycles. The summed E-state index contributed by atoms with van der Waals surface area (Å²) in [6, 6.07) is 5.06. The molecule has 186 valence electrons. The number of nitrogens with one attached hydrogen (secondary N) is 1. The number of hydrogen-bond donors (Lipinski definition) is 2. The van der Waals surface area contributed by atoms with Crippen molar-refractivity contribution in [2.75, 3.05) is 23.3 Å². The molecule has 3 rings (SSSR count). The fraction of sp³-hybridized carbons (Fsp3) is 0.368. The molecule has 34 heavy (non-hydrogen) atoms. The van der Waals surface area contributed by atoms with E-state index in [0.717, 1.165) is 17.0 Å². The molecular weight excluding hydrogens is 494 g/mol. The van der Waals surface area contributed by atoms with Gasteiger partial charge in [0.2, 0.25) is 10.0 Å². The second-order valence-electron chi connectivity index (χ2n) is 7.50. The highest BCUT2D eigenvalue weighted by molar-refractivity contribution is 7.89. The first-order chi connectivity index (χ1) is 15.6. The van der Waals surface area contributed by atoms with Crippen LogP contribution < -0.4 is 15.4 Å². The molecule has 0 radical (unpaired) electrons. The molecule has 1 aromatic carbocycles. The van der Waals surface area contributed by atoms with Crippen molar-refractivity contribution in [3.63, 3.8) is 0 Å². The predicted molar refractivity (Wildman–Crippen MR) is 108 cm³/mol. The summed E-state index contributed by atoms with van der Waals surface area (Å²) in [5.74, 6) is -1.57. The Hall–Kier alpha value is -2.91. The van der Waals surface area contributed by atoms with E-state index in [-0.39, 0.29) is 17.1 Å². The molecule has 0 unspecified atom stereocenters. The molecule has 0 spiro atoms. The number of pyridine rings is 1. The highest BCUT2D eigenvalue weighted by atomic mass is 32.2. The van der Waals surface area contributed by atoms with Gasteiger partial charge >= 0.3 is 12.4 Å². The number of aromatic nitrogens is 1. The maximum absolute atomic E-state index is 13.3. The van der Waals surface area contributed by atoms with E-state index in [1.807, 2.05) is 0 Å². The molecule has 2 aromatic rings. The van der Waals surface area contributed by atoms with Gasteiger partial charge in [0.25, 0.3) is 5.91 Å². The first-order valence-electron chi connectivity index (χ1n) is 9.54. The zero-order valence-electron chi connectivity index (χ0n) is 17.3. The van der Waals surface area contributed by atoms with Gasteiger partial charge < -0.3 is 15.0 Å². The SMILES string of the molecule is C[C@@H]1CN(c2ncc(C(F)(F)F)cc2C(=O)Nc2cccc(S(N)(=O)=O)c2)C[C@@H](C(F)(F)F)O1. The minimum atomic E-state index is -4.89. The fourth-order valence-corrected chi connectivity index (χ4v) is 3.85. The molecule has 3 N–H and O–H groups in total. The number of sulfonamides is 1. The zero-order chi connectivity index (χ0) is 25.5. The number of primary sulfonamides is 1. The number of halogens is 6. The quantitative estimate of drug-likeness (QED) is 0.609. The first kappa shape index (κ1) is 25.7. The number of alkyl halides is 6. The highest BCUT2D eigenvalue weighted by Crippen LogP contribution is 2.34. The molecule has 0 bridgehead atoms. The number of hydrogen-bond acceptors (Lipinski definition) is 6. The van der Waals surface area contributed by atoms with Crippen LogP contribution in [-0.4, -0.2) is 50.8 Å². The molecule has 15 heteroatoms. The van der Waals surface area contributed by atoms with Gasteiger partial charge in [-0.05, 0) is 31.2 Å². The number of rotatable bonds is 4. The number of anilines is 2. The molecule has 1 aromatic heterocycles. The van der Waals surface area contributed by atoms with E-state index < -0.39 is 64.0 Å². The number of nitrogens with two attached hydrogens (primary N) is 1. The van der Waals surface area contributed by atoms with E-state index in [1.54, 1.807) is 0 Å². The zero-order valence-corrected chi connectivity index (χ0v) is 18.1. The van der Waals surface area contributed by atoms with Crippen molar-refractivity contribution < 1.29 is 44.3 Å². The van der Waals surface area contributed by atoms with Crippen molar-refractivity contribution in [2.24, 2.45) is 5.14 Å². The normalized spacial score (nSPS) is 19.7. The number of morpholine rings is 1. The van der Waals surface area contributed by atoms with Crippen LogP contribution in [0.15, 0.2) is 41.4 Å². The van der Waals surface area contributed by atoms with Crippen LogP contribution in [-0.2, 0) is 20.9 Å². The van der Waals surface area contributed by atoms with Crippen LogP contribution >= 0.6 is 0 Å². The lowest BCUT2D eigenvalue weighted by molar-refractivity contribution is -0.233. The summed E-state index contributed by atoms with van der Waals surface area (Å²) in [7, 11) is -4.14. The van der Waals surface area contributed by atoms with Crippen molar-refractivity contribution in [3.8, 4) is 0 Å². The lowest BCUT2D eigenvalue weighted by Crippen LogP contribution is -2.53. The van der Waals surface area contributed by atoms with Gasteiger partial charge in [0.1, 0.15) is 5.82 Å². The third-order valence-electron chi connectivity index (χ3n) is 4.78. The largest absolute Gasteiger partial charge is 0.417 e. The second-order valence-corrected chi connectivity index (χ2v) is 9.06. The Morgan fingerprint density at radius 3 is 2.44 bits per heavy atom. The molecule has 0 saturated carbocycles. The molecule has 1 aliphatic heterocycles. The summed E-state index contributed by atoms with van der Waals surface area (Å²) < 4.78 is 107. The Bertz CT molecular complexity index is 1190. The number of carbonyl (C=O) groups excluding carboxylic acids is 1. The Labute approximate surface area is 189 Å². The number of amides is 1. The summed E-state index contributed by atoms with van der Waals surface area (Å²) in [6.45, 7) is 0.368. The standard InChI is InChI=1S/C19H18F6N4O4S/c1-10-8-29(9-15(33-10)19(23,24)25)16-14(5-11(7-27-16)18(20,21)22)17(30)28-12-3-2-4-13(6-12)34(26,31)32/h2-7,10,15H,8-9H2,1H3,(H,28,30)(H2,26,31,32)/t10-,15+/m1/s1. The Morgan fingerprint density at radius 1 is 1.18 bits per heavy atom. The first-order valence-corrected chi connectivity index (χ1v) is 11.1. The summed E-state index contributed by atoms with van der Waals surface area (Å²) >= 11 is 0. The van der Waals surface area contributed by atoms with Crippen LogP contribution in [0.3, 0.4) is 0 Å². The lowest BCUT2D eigenvalue weighted by atomic mass is 10.1.